The van der Waals surface area contributed by atoms with E-state index >= 15 is 0 Å². The van der Waals surface area contributed by atoms with Gasteiger partial charge in [-0.05, 0) is 12.3 Å². The van der Waals surface area contributed by atoms with Crippen LogP contribution in [0, 0.1) is 5.92 Å². The molecule has 0 aromatic carbocycles. The Labute approximate surface area is 75.7 Å². The number of carbonyl (C=O) groups excluding carboxylic acids is 1. The second-order valence-electron chi connectivity index (χ2n) is 3.29. The monoisotopic (exact) mass is 171 g/mol. The van der Waals surface area contributed by atoms with E-state index in [2.05, 4.69) is 19.2 Å². The van der Waals surface area contributed by atoms with Crippen molar-refractivity contribution in [3.8, 4) is 0 Å². The molecule has 0 fully saturated rings. The normalized spacial score (nSPS) is 12.6. The average molecular weight is 171 g/mol. The number of nitrogens with one attached hydrogen (secondary N) is 1. The molecule has 0 heterocycles. The summed E-state index contributed by atoms with van der Waals surface area (Å²) in [4.78, 5) is 11.0. The van der Waals surface area contributed by atoms with Gasteiger partial charge in [-0.15, -0.1) is 0 Å². The largest absolute Gasteiger partial charge is 0.359 e. The molecule has 0 spiro atoms. The van der Waals surface area contributed by atoms with Crippen molar-refractivity contribution in [2.24, 2.45) is 5.92 Å². The van der Waals surface area contributed by atoms with Crippen LogP contribution >= 0.6 is 0 Å². The van der Waals surface area contributed by atoms with Crippen molar-refractivity contribution in [2.45, 2.75) is 46.0 Å². The van der Waals surface area contributed by atoms with E-state index in [1.807, 2.05) is 0 Å². The van der Waals surface area contributed by atoms with E-state index in [0.717, 1.165) is 6.42 Å². The predicted octanol–water partition coefficient (Wildman–Crippen LogP) is 2.34. The average Bonchev–Trinajstić information content (AvgIpc) is 2.11. The standard InChI is InChI=1S/C10H21NO/c1-4-6-7-9(5-2)8-10(12)11-3/h9H,4-8H2,1-3H3,(H,11,12). The van der Waals surface area contributed by atoms with Crippen LogP contribution in [0.3, 0.4) is 0 Å². The molecule has 0 saturated heterocycles. The van der Waals surface area contributed by atoms with Crippen molar-refractivity contribution in [1.29, 1.82) is 0 Å². The number of hydrogen-bond donors (Lipinski definition) is 1. The van der Waals surface area contributed by atoms with Gasteiger partial charge in [-0.2, -0.15) is 0 Å². The van der Waals surface area contributed by atoms with Crippen LogP contribution in [0.2, 0.25) is 0 Å². The van der Waals surface area contributed by atoms with Crippen molar-refractivity contribution >= 4 is 5.91 Å². The highest BCUT2D eigenvalue weighted by molar-refractivity contribution is 5.75. The summed E-state index contributed by atoms with van der Waals surface area (Å²) in [6.45, 7) is 4.34. The van der Waals surface area contributed by atoms with Gasteiger partial charge in [0, 0.05) is 13.5 Å². The maximum Gasteiger partial charge on any atom is 0.220 e. The number of hydrogen-bond acceptors (Lipinski definition) is 1. The summed E-state index contributed by atoms with van der Waals surface area (Å²) in [6, 6.07) is 0. The van der Waals surface area contributed by atoms with E-state index in [-0.39, 0.29) is 5.91 Å². The van der Waals surface area contributed by atoms with Crippen LogP contribution in [-0.4, -0.2) is 13.0 Å². The summed E-state index contributed by atoms with van der Waals surface area (Å²) in [6.07, 6.45) is 5.49. The summed E-state index contributed by atoms with van der Waals surface area (Å²) in [7, 11) is 1.70. The molecular weight excluding hydrogens is 150 g/mol. The fraction of sp³-hybridized carbons (Fsp3) is 0.900. The van der Waals surface area contributed by atoms with E-state index in [1.54, 1.807) is 7.05 Å². The minimum Gasteiger partial charge on any atom is -0.359 e. The van der Waals surface area contributed by atoms with Crippen LogP contribution in [0.15, 0.2) is 0 Å². The van der Waals surface area contributed by atoms with E-state index in [0.29, 0.717) is 12.3 Å². The van der Waals surface area contributed by atoms with Gasteiger partial charge in [-0.25, -0.2) is 0 Å². The highest BCUT2D eigenvalue weighted by atomic mass is 16.1. The van der Waals surface area contributed by atoms with Crippen molar-refractivity contribution in [3.05, 3.63) is 0 Å². The highest BCUT2D eigenvalue weighted by Gasteiger charge is 2.09. The molecule has 2 nitrogen and oxygen atoms in total. The topological polar surface area (TPSA) is 29.1 Å². The van der Waals surface area contributed by atoms with Gasteiger partial charge in [0.25, 0.3) is 0 Å². The molecule has 0 aromatic rings. The van der Waals surface area contributed by atoms with Crippen LogP contribution in [0.4, 0.5) is 0 Å². The van der Waals surface area contributed by atoms with Gasteiger partial charge in [0.05, 0.1) is 0 Å². The molecule has 0 rings (SSSR count). The van der Waals surface area contributed by atoms with Crippen molar-refractivity contribution in [3.63, 3.8) is 0 Å². The third-order valence-corrected chi connectivity index (χ3v) is 2.30. The molecule has 0 aliphatic carbocycles. The van der Waals surface area contributed by atoms with Gasteiger partial charge < -0.3 is 5.32 Å². The van der Waals surface area contributed by atoms with Crippen molar-refractivity contribution in [2.75, 3.05) is 7.05 Å². The Kier molecular flexibility index (Phi) is 6.82. The lowest BCUT2D eigenvalue weighted by atomic mass is 9.95. The molecule has 72 valence electrons. The Morgan fingerprint density at radius 1 is 1.42 bits per heavy atom. The van der Waals surface area contributed by atoms with Crippen LogP contribution in [0.25, 0.3) is 0 Å². The molecule has 0 aromatic heterocycles. The lowest BCUT2D eigenvalue weighted by Crippen LogP contribution is -2.21. The van der Waals surface area contributed by atoms with Crippen LogP contribution in [0.1, 0.15) is 46.0 Å². The lowest BCUT2D eigenvalue weighted by molar-refractivity contribution is -0.121. The Bertz CT molecular complexity index is 123. The van der Waals surface area contributed by atoms with Gasteiger partial charge in [-0.3, -0.25) is 4.79 Å². The fourth-order valence-electron chi connectivity index (χ4n) is 1.31. The van der Waals surface area contributed by atoms with E-state index < -0.39 is 0 Å². The Morgan fingerprint density at radius 2 is 2.08 bits per heavy atom. The summed E-state index contributed by atoms with van der Waals surface area (Å²) in [5.74, 6) is 0.767. The van der Waals surface area contributed by atoms with Crippen molar-refractivity contribution in [1.82, 2.24) is 5.32 Å². The first kappa shape index (κ1) is 11.5. The first-order valence-corrected chi connectivity index (χ1v) is 4.95. The summed E-state index contributed by atoms with van der Waals surface area (Å²) < 4.78 is 0. The molecule has 1 unspecified atom stereocenters. The Hall–Kier alpha value is -0.530. The number of carbonyl (C=O) groups is 1. The molecular formula is C10H21NO. The number of unbranched alkanes of at least 4 members (excludes halogenated alkanes) is 1. The second kappa shape index (κ2) is 7.14. The quantitative estimate of drug-likeness (QED) is 0.653. The molecule has 0 saturated carbocycles. The predicted molar refractivity (Wildman–Crippen MR) is 52.0 cm³/mol. The molecule has 1 N–H and O–H groups in total. The smallest absolute Gasteiger partial charge is 0.220 e. The van der Waals surface area contributed by atoms with E-state index in [1.165, 1.54) is 19.3 Å². The van der Waals surface area contributed by atoms with Gasteiger partial charge in [0.15, 0.2) is 0 Å². The van der Waals surface area contributed by atoms with Crippen molar-refractivity contribution < 1.29 is 4.79 Å². The molecule has 0 bridgehead atoms. The molecule has 1 atom stereocenters. The zero-order chi connectivity index (χ0) is 9.40. The molecule has 0 aliphatic rings. The van der Waals surface area contributed by atoms with Crippen LogP contribution < -0.4 is 5.32 Å². The van der Waals surface area contributed by atoms with E-state index in [9.17, 15) is 4.79 Å². The van der Waals surface area contributed by atoms with Gasteiger partial charge in [0.1, 0.15) is 0 Å². The first-order chi connectivity index (χ1) is 5.74. The molecule has 0 aliphatic heterocycles. The third-order valence-electron chi connectivity index (χ3n) is 2.30. The summed E-state index contributed by atoms with van der Waals surface area (Å²) >= 11 is 0. The maximum absolute atomic E-state index is 11.0. The number of rotatable bonds is 6. The maximum atomic E-state index is 11.0. The van der Waals surface area contributed by atoms with E-state index in [4.69, 9.17) is 0 Å². The van der Waals surface area contributed by atoms with Gasteiger partial charge in [-0.1, -0.05) is 33.1 Å². The lowest BCUT2D eigenvalue weighted by Gasteiger charge is -2.12. The minimum atomic E-state index is 0.179. The van der Waals surface area contributed by atoms with Gasteiger partial charge in [0.2, 0.25) is 5.91 Å². The zero-order valence-corrected chi connectivity index (χ0v) is 8.52. The molecule has 2 heteroatoms. The van der Waals surface area contributed by atoms with Crippen LogP contribution in [0.5, 0.6) is 0 Å². The molecule has 0 radical (unpaired) electrons. The molecule has 1 amide bonds. The Balaban J connectivity index is 3.59. The van der Waals surface area contributed by atoms with Crippen LogP contribution in [-0.2, 0) is 4.79 Å². The second-order valence-corrected chi connectivity index (χ2v) is 3.29. The fourth-order valence-corrected chi connectivity index (χ4v) is 1.31. The third kappa shape index (κ3) is 5.16. The first-order valence-electron chi connectivity index (χ1n) is 4.95. The zero-order valence-electron chi connectivity index (χ0n) is 8.52. The van der Waals surface area contributed by atoms with Gasteiger partial charge >= 0.3 is 0 Å². The SMILES string of the molecule is CCCCC(CC)CC(=O)NC. The summed E-state index contributed by atoms with van der Waals surface area (Å²) in [5.41, 5.74) is 0. The Morgan fingerprint density at radius 3 is 2.50 bits per heavy atom. The summed E-state index contributed by atoms with van der Waals surface area (Å²) in [5, 5.41) is 2.67. The minimum absolute atomic E-state index is 0.179. The highest BCUT2D eigenvalue weighted by Crippen LogP contribution is 2.15. The number of amides is 1. The molecule has 12 heavy (non-hydrogen) atoms.